The van der Waals surface area contributed by atoms with Crippen LogP contribution in [0, 0.1) is 0 Å². The van der Waals surface area contributed by atoms with Crippen LogP contribution in [0.15, 0.2) is 12.4 Å². The molecule has 0 bridgehead atoms. The topological polar surface area (TPSA) is 62.3 Å². The van der Waals surface area contributed by atoms with E-state index < -0.39 is 0 Å². The second kappa shape index (κ2) is 5.43. The molecule has 2 rings (SSSR count). The molecular formula is C11H19N3O2. The van der Waals surface area contributed by atoms with Crippen LogP contribution in [-0.4, -0.2) is 35.3 Å². The maximum Gasteiger partial charge on any atom is 0.159 e. The fraction of sp³-hybridized carbons (Fsp3) is 0.727. The summed E-state index contributed by atoms with van der Waals surface area (Å²) < 4.78 is 12.6. The summed E-state index contributed by atoms with van der Waals surface area (Å²) in [7, 11) is 0. The first-order valence-electron chi connectivity index (χ1n) is 5.78. The highest BCUT2D eigenvalue weighted by Gasteiger charge is 2.19. The molecule has 90 valence electrons. The Hall–Kier alpha value is -0.910. The summed E-state index contributed by atoms with van der Waals surface area (Å²) >= 11 is 0. The number of nitrogens with zero attached hydrogens (tertiary/aromatic N) is 2. The second-order valence-corrected chi connectivity index (χ2v) is 4.08. The molecule has 1 atom stereocenters. The van der Waals surface area contributed by atoms with Gasteiger partial charge in [-0.2, -0.15) is 5.10 Å². The molecule has 1 fully saturated rings. The molecular weight excluding hydrogens is 206 g/mol. The molecule has 0 spiro atoms. The summed E-state index contributed by atoms with van der Waals surface area (Å²) in [4.78, 5) is 0. The van der Waals surface area contributed by atoms with Crippen molar-refractivity contribution in [2.45, 2.75) is 38.6 Å². The first-order chi connectivity index (χ1) is 7.78. The molecule has 1 unspecified atom stereocenters. The minimum absolute atomic E-state index is 0.0672. The van der Waals surface area contributed by atoms with E-state index in [0.717, 1.165) is 19.4 Å². The summed E-state index contributed by atoms with van der Waals surface area (Å²) in [5.74, 6) is 0. The maximum atomic E-state index is 6.04. The van der Waals surface area contributed by atoms with Crippen molar-refractivity contribution < 1.29 is 9.47 Å². The quantitative estimate of drug-likeness (QED) is 0.794. The maximum absolute atomic E-state index is 6.04. The number of nitrogens with two attached hydrogens (primary N) is 1. The van der Waals surface area contributed by atoms with E-state index in [2.05, 4.69) is 12.0 Å². The van der Waals surface area contributed by atoms with Crippen LogP contribution in [-0.2, 0) is 22.4 Å². The normalized spacial score (nSPS) is 19.1. The molecule has 1 saturated heterocycles. The Bertz CT molecular complexity index is 321. The molecule has 1 aliphatic rings. The van der Waals surface area contributed by atoms with E-state index >= 15 is 0 Å². The largest absolute Gasteiger partial charge is 0.350 e. The molecule has 2 heterocycles. The van der Waals surface area contributed by atoms with Crippen LogP contribution in [0.3, 0.4) is 0 Å². The third-order valence-corrected chi connectivity index (χ3v) is 2.69. The van der Waals surface area contributed by atoms with Crippen molar-refractivity contribution in [1.82, 2.24) is 9.78 Å². The lowest BCUT2D eigenvalue weighted by Crippen LogP contribution is -2.28. The van der Waals surface area contributed by atoms with Crippen LogP contribution in [0.4, 0.5) is 0 Å². The second-order valence-electron chi connectivity index (χ2n) is 4.08. The van der Waals surface area contributed by atoms with Gasteiger partial charge in [-0.15, -0.1) is 0 Å². The van der Waals surface area contributed by atoms with Gasteiger partial charge in [0, 0.05) is 25.2 Å². The van der Waals surface area contributed by atoms with Crippen molar-refractivity contribution >= 4 is 0 Å². The van der Waals surface area contributed by atoms with Gasteiger partial charge < -0.3 is 15.2 Å². The minimum atomic E-state index is -0.115. The number of hydrogen-bond acceptors (Lipinski definition) is 4. The number of aromatic nitrogens is 2. The Morgan fingerprint density at radius 1 is 1.56 bits per heavy atom. The van der Waals surface area contributed by atoms with Crippen molar-refractivity contribution in [2.24, 2.45) is 5.73 Å². The zero-order valence-corrected chi connectivity index (χ0v) is 9.63. The molecule has 5 nitrogen and oxygen atoms in total. The highest BCUT2D eigenvalue weighted by molar-refractivity contribution is 5.05. The predicted octanol–water partition coefficient (Wildman–Crippen LogP) is 0.536. The third-order valence-electron chi connectivity index (χ3n) is 2.69. The molecule has 1 aliphatic heterocycles. The van der Waals surface area contributed by atoms with E-state index in [4.69, 9.17) is 15.2 Å². The lowest BCUT2D eigenvalue weighted by Gasteiger charge is -2.14. The molecule has 1 aromatic heterocycles. The Balaban J connectivity index is 1.79. The van der Waals surface area contributed by atoms with Crippen molar-refractivity contribution in [3.8, 4) is 0 Å². The standard InChI is InChI=1S/C11H19N3O2/c1-2-14-8-9(7-13-14)5-10(12)6-11-15-3-4-16-11/h7-8,10-11H,2-6,12H2,1H3. The average molecular weight is 225 g/mol. The molecule has 0 aromatic carbocycles. The van der Waals surface area contributed by atoms with Gasteiger partial charge in [0.05, 0.1) is 19.4 Å². The van der Waals surface area contributed by atoms with E-state index in [-0.39, 0.29) is 12.3 Å². The van der Waals surface area contributed by atoms with Gasteiger partial charge in [-0.25, -0.2) is 0 Å². The van der Waals surface area contributed by atoms with Crippen molar-refractivity contribution in [2.75, 3.05) is 13.2 Å². The Labute approximate surface area is 95.5 Å². The fourth-order valence-electron chi connectivity index (χ4n) is 1.86. The fourth-order valence-corrected chi connectivity index (χ4v) is 1.86. The van der Waals surface area contributed by atoms with Gasteiger partial charge in [-0.3, -0.25) is 4.68 Å². The molecule has 5 heteroatoms. The Morgan fingerprint density at radius 2 is 2.31 bits per heavy atom. The Kier molecular flexibility index (Phi) is 3.93. The molecule has 1 aromatic rings. The van der Waals surface area contributed by atoms with E-state index in [1.807, 2.05) is 17.1 Å². The zero-order valence-electron chi connectivity index (χ0n) is 9.63. The van der Waals surface area contributed by atoms with Gasteiger partial charge in [-0.05, 0) is 18.9 Å². The molecule has 0 saturated carbocycles. The van der Waals surface area contributed by atoms with E-state index in [0.29, 0.717) is 13.2 Å². The molecule has 0 aliphatic carbocycles. The summed E-state index contributed by atoms with van der Waals surface area (Å²) in [6, 6.07) is 0.0672. The van der Waals surface area contributed by atoms with E-state index in [1.165, 1.54) is 5.56 Å². The molecule has 16 heavy (non-hydrogen) atoms. The van der Waals surface area contributed by atoms with Crippen molar-refractivity contribution in [1.29, 1.82) is 0 Å². The predicted molar refractivity (Wildman–Crippen MR) is 59.9 cm³/mol. The Morgan fingerprint density at radius 3 is 2.94 bits per heavy atom. The van der Waals surface area contributed by atoms with Crippen LogP contribution in [0.2, 0.25) is 0 Å². The number of hydrogen-bond donors (Lipinski definition) is 1. The highest BCUT2D eigenvalue weighted by atomic mass is 16.7. The van der Waals surface area contributed by atoms with Gasteiger partial charge in [0.25, 0.3) is 0 Å². The highest BCUT2D eigenvalue weighted by Crippen LogP contribution is 2.12. The van der Waals surface area contributed by atoms with E-state index in [1.54, 1.807) is 0 Å². The average Bonchev–Trinajstić information content (AvgIpc) is 2.89. The van der Waals surface area contributed by atoms with Crippen LogP contribution >= 0.6 is 0 Å². The smallest absolute Gasteiger partial charge is 0.159 e. The van der Waals surface area contributed by atoms with Gasteiger partial charge in [0.15, 0.2) is 6.29 Å². The lowest BCUT2D eigenvalue weighted by molar-refractivity contribution is -0.0504. The monoisotopic (exact) mass is 225 g/mol. The molecule has 0 radical (unpaired) electrons. The minimum Gasteiger partial charge on any atom is -0.350 e. The van der Waals surface area contributed by atoms with Crippen LogP contribution in [0.25, 0.3) is 0 Å². The number of ether oxygens (including phenoxy) is 2. The van der Waals surface area contributed by atoms with Crippen molar-refractivity contribution in [3.05, 3.63) is 18.0 Å². The van der Waals surface area contributed by atoms with Gasteiger partial charge in [-0.1, -0.05) is 0 Å². The molecule has 0 amide bonds. The van der Waals surface area contributed by atoms with Gasteiger partial charge in [0.1, 0.15) is 0 Å². The lowest BCUT2D eigenvalue weighted by atomic mass is 10.1. The van der Waals surface area contributed by atoms with Crippen LogP contribution < -0.4 is 5.73 Å². The first kappa shape index (κ1) is 11.6. The van der Waals surface area contributed by atoms with Crippen LogP contribution in [0.5, 0.6) is 0 Å². The zero-order chi connectivity index (χ0) is 11.4. The number of aryl methyl sites for hydroxylation is 1. The molecule has 2 N–H and O–H groups in total. The van der Waals surface area contributed by atoms with Gasteiger partial charge in [0.2, 0.25) is 0 Å². The van der Waals surface area contributed by atoms with Crippen LogP contribution in [0.1, 0.15) is 18.9 Å². The number of rotatable bonds is 5. The van der Waals surface area contributed by atoms with Gasteiger partial charge >= 0.3 is 0 Å². The third kappa shape index (κ3) is 3.04. The summed E-state index contributed by atoms with van der Waals surface area (Å²) in [5, 5.41) is 4.22. The SMILES string of the molecule is CCn1cc(CC(N)CC2OCCO2)cn1. The van der Waals surface area contributed by atoms with Crippen molar-refractivity contribution in [3.63, 3.8) is 0 Å². The summed E-state index contributed by atoms with van der Waals surface area (Å²) in [6.07, 6.45) is 5.37. The van der Waals surface area contributed by atoms with E-state index in [9.17, 15) is 0 Å². The first-order valence-corrected chi connectivity index (χ1v) is 5.78. The summed E-state index contributed by atoms with van der Waals surface area (Å²) in [5.41, 5.74) is 7.21. The summed E-state index contributed by atoms with van der Waals surface area (Å²) in [6.45, 7) is 4.33.